The molecule has 6 heteroatoms. The van der Waals surface area contributed by atoms with Crippen molar-refractivity contribution >= 4 is 29.8 Å². The molecule has 0 fully saturated rings. The van der Waals surface area contributed by atoms with Gasteiger partial charge in [-0.05, 0) is 60.5 Å². The van der Waals surface area contributed by atoms with Crippen LogP contribution in [-0.4, -0.2) is 17.5 Å². The number of aryl methyl sites for hydroxylation is 1. The molecule has 1 aromatic heterocycles. The second-order valence-corrected chi connectivity index (χ2v) is 7.54. The number of amides is 1. The summed E-state index contributed by atoms with van der Waals surface area (Å²) in [6.07, 6.45) is 0.666. The Morgan fingerprint density at radius 1 is 0.909 bits per heavy atom. The highest BCUT2D eigenvalue weighted by Crippen LogP contribution is 2.25. The lowest BCUT2D eigenvalue weighted by Crippen LogP contribution is -2.13. The Labute approximate surface area is 200 Å². The number of pyridine rings is 1. The Bertz CT molecular complexity index is 1210. The second-order valence-electron chi connectivity index (χ2n) is 7.54. The molecule has 168 valence electrons. The van der Waals surface area contributed by atoms with Gasteiger partial charge in [-0.2, -0.15) is 0 Å². The van der Waals surface area contributed by atoms with E-state index in [1.54, 1.807) is 6.07 Å². The minimum Gasteiger partial charge on any atom is -0.493 e. The zero-order valence-corrected chi connectivity index (χ0v) is 19.1. The van der Waals surface area contributed by atoms with Crippen LogP contribution in [0.15, 0.2) is 91.0 Å². The molecule has 0 atom stereocenters. The fraction of sp³-hybridized carbons (Fsp3) is 0.111. The van der Waals surface area contributed by atoms with Crippen molar-refractivity contribution in [2.45, 2.75) is 13.3 Å². The molecular weight excluding hydrogens is 434 g/mol. The molecule has 3 N–H and O–H groups in total. The van der Waals surface area contributed by atoms with E-state index >= 15 is 0 Å². The first-order chi connectivity index (χ1) is 15.6. The van der Waals surface area contributed by atoms with Crippen LogP contribution in [0.2, 0.25) is 0 Å². The number of hydrogen-bond acceptors (Lipinski definition) is 4. The minimum absolute atomic E-state index is 0. The number of nitrogens with two attached hydrogens (primary N) is 1. The summed E-state index contributed by atoms with van der Waals surface area (Å²) in [6, 6.07) is 28.7. The number of nitrogen functional groups attached to an aromatic ring is 1. The quantitative estimate of drug-likeness (QED) is 0.359. The molecule has 0 saturated carbocycles. The normalized spacial score (nSPS) is 10.2. The average Bonchev–Trinajstić information content (AvgIpc) is 2.81. The average molecular weight is 460 g/mol. The molecule has 0 radical (unpaired) electrons. The minimum atomic E-state index is -0.150. The van der Waals surface area contributed by atoms with E-state index in [1.165, 1.54) is 5.56 Å². The van der Waals surface area contributed by atoms with Gasteiger partial charge in [0.15, 0.2) is 0 Å². The first-order valence-corrected chi connectivity index (χ1v) is 10.5. The number of nitrogens with zero attached hydrogens (tertiary/aromatic N) is 1. The second kappa shape index (κ2) is 11.2. The van der Waals surface area contributed by atoms with Crippen molar-refractivity contribution in [3.8, 4) is 16.9 Å². The molecule has 0 spiro atoms. The molecule has 1 heterocycles. The first-order valence-electron chi connectivity index (χ1n) is 10.5. The summed E-state index contributed by atoms with van der Waals surface area (Å²) in [5.41, 5.74) is 11.0. The fourth-order valence-corrected chi connectivity index (χ4v) is 3.41. The summed E-state index contributed by atoms with van der Waals surface area (Å²) < 4.78 is 5.79. The maximum absolute atomic E-state index is 13.0. The van der Waals surface area contributed by atoms with Gasteiger partial charge in [0.05, 0.1) is 6.61 Å². The van der Waals surface area contributed by atoms with Crippen LogP contribution < -0.4 is 15.8 Å². The molecule has 1 amide bonds. The standard InChI is InChI=1S/C27H25N3O2.ClH/c1-19-9-11-20(12-10-19)24-6-2-3-7-25(24)27(31)30-22-13-15-23(16-14-22)32-18-17-21-5-4-8-26(28)29-21;/h2-16H,17-18H2,1H3,(H2,28,29)(H,30,31);1H. The zero-order valence-electron chi connectivity index (χ0n) is 18.3. The Kier molecular flexibility index (Phi) is 8.06. The molecule has 0 aliphatic rings. The van der Waals surface area contributed by atoms with E-state index < -0.39 is 0 Å². The third-order valence-electron chi connectivity index (χ3n) is 5.10. The summed E-state index contributed by atoms with van der Waals surface area (Å²) in [4.78, 5) is 17.2. The number of ether oxygens (including phenoxy) is 1. The number of aromatic nitrogens is 1. The van der Waals surface area contributed by atoms with Crippen LogP contribution in [0.4, 0.5) is 11.5 Å². The lowest BCUT2D eigenvalue weighted by Gasteiger charge is -2.12. The number of halogens is 1. The topological polar surface area (TPSA) is 77.2 Å². The maximum atomic E-state index is 13.0. The van der Waals surface area contributed by atoms with Crippen molar-refractivity contribution < 1.29 is 9.53 Å². The van der Waals surface area contributed by atoms with Crippen molar-refractivity contribution in [3.63, 3.8) is 0 Å². The summed E-state index contributed by atoms with van der Waals surface area (Å²) in [5.74, 6) is 1.08. The molecule has 0 aliphatic carbocycles. The molecule has 33 heavy (non-hydrogen) atoms. The monoisotopic (exact) mass is 459 g/mol. The smallest absolute Gasteiger partial charge is 0.256 e. The van der Waals surface area contributed by atoms with Crippen molar-refractivity contribution in [1.82, 2.24) is 4.98 Å². The van der Waals surface area contributed by atoms with E-state index in [9.17, 15) is 4.79 Å². The third-order valence-corrected chi connectivity index (χ3v) is 5.10. The van der Waals surface area contributed by atoms with Crippen molar-refractivity contribution in [2.75, 3.05) is 17.7 Å². The highest BCUT2D eigenvalue weighted by molar-refractivity contribution is 6.08. The number of nitrogens with one attached hydrogen (secondary N) is 1. The Morgan fingerprint density at radius 3 is 2.36 bits per heavy atom. The molecule has 0 unspecified atom stereocenters. The van der Waals surface area contributed by atoms with Gasteiger partial charge in [-0.3, -0.25) is 4.79 Å². The summed E-state index contributed by atoms with van der Waals surface area (Å²) in [5, 5.41) is 2.98. The molecule has 4 aromatic rings. The molecule has 5 nitrogen and oxygen atoms in total. The van der Waals surface area contributed by atoms with E-state index in [1.807, 2.05) is 91.9 Å². The van der Waals surface area contributed by atoms with Gasteiger partial charge in [-0.15, -0.1) is 12.4 Å². The van der Waals surface area contributed by atoms with Gasteiger partial charge in [-0.1, -0.05) is 54.1 Å². The maximum Gasteiger partial charge on any atom is 0.256 e. The predicted octanol–water partition coefficient (Wildman–Crippen LogP) is 5.93. The van der Waals surface area contributed by atoms with Gasteiger partial charge in [0, 0.05) is 23.4 Å². The Morgan fingerprint density at radius 2 is 1.64 bits per heavy atom. The Balaban J connectivity index is 0.00000306. The highest BCUT2D eigenvalue weighted by atomic mass is 35.5. The molecule has 4 rings (SSSR count). The molecule has 0 aliphatic heterocycles. The van der Waals surface area contributed by atoms with E-state index in [-0.39, 0.29) is 18.3 Å². The molecular formula is C27H26ClN3O2. The SMILES string of the molecule is Cc1ccc(-c2ccccc2C(=O)Nc2ccc(OCCc3cccc(N)n3)cc2)cc1.Cl. The van der Waals surface area contributed by atoms with Crippen LogP contribution in [0.5, 0.6) is 5.75 Å². The highest BCUT2D eigenvalue weighted by Gasteiger charge is 2.12. The summed E-state index contributed by atoms with van der Waals surface area (Å²) >= 11 is 0. The largest absolute Gasteiger partial charge is 0.493 e. The van der Waals surface area contributed by atoms with Gasteiger partial charge >= 0.3 is 0 Å². The van der Waals surface area contributed by atoms with Crippen LogP contribution >= 0.6 is 12.4 Å². The van der Waals surface area contributed by atoms with E-state index in [0.29, 0.717) is 30.1 Å². The third kappa shape index (κ3) is 6.34. The van der Waals surface area contributed by atoms with Gasteiger partial charge < -0.3 is 15.8 Å². The molecule has 0 bridgehead atoms. The van der Waals surface area contributed by atoms with E-state index in [2.05, 4.69) is 10.3 Å². The van der Waals surface area contributed by atoms with Gasteiger partial charge in [0.25, 0.3) is 5.91 Å². The number of carbonyl (C=O) groups is 1. The summed E-state index contributed by atoms with van der Waals surface area (Å²) in [7, 11) is 0. The molecule has 3 aromatic carbocycles. The van der Waals surface area contributed by atoms with Crippen LogP contribution in [0.25, 0.3) is 11.1 Å². The number of benzene rings is 3. The van der Waals surface area contributed by atoms with Gasteiger partial charge in [-0.25, -0.2) is 4.98 Å². The summed E-state index contributed by atoms with van der Waals surface area (Å²) in [6.45, 7) is 2.54. The number of carbonyl (C=O) groups excluding carboxylic acids is 1. The zero-order chi connectivity index (χ0) is 22.3. The number of anilines is 2. The van der Waals surface area contributed by atoms with Crippen molar-refractivity contribution in [1.29, 1.82) is 0 Å². The van der Waals surface area contributed by atoms with E-state index in [0.717, 1.165) is 22.6 Å². The van der Waals surface area contributed by atoms with Gasteiger partial charge in [0.2, 0.25) is 0 Å². The van der Waals surface area contributed by atoms with Gasteiger partial charge in [0.1, 0.15) is 11.6 Å². The van der Waals surface area contributed by atoms with Crippen LogP contribution in [0, 0.1) is 6.92 Å². The Hall–Kier alpha value is -3.83. The first kappa shape index (κ1) is 23.8. The molecule has 0 saturated heterocycles. The predicted molar refractivity (Wildman–Crippen MR) is 136 cm³/mol. The van der Waals surface area contributed by atoms with Crippen molar-refractivity contribution in [2.24, 2.45) is 0 Å². The van der Waals surface area contributed by atoms with Crippen LogP contribution in [0.3, 0.4) is 0 Å². The number of rotatable bonds is 7. The van der Waals surface area contributed by atoms with Crippen LogP contribution in [0.1, 0.15) is 21.6 Å². The van der Waals surface area contributed by atoms with Crippen molar-refractivity contribution in [3.05, 3.63) is 108 Å². The van der Waals surface area contributed by atoms with Crippen LogP contribution in [-0.2, 0) is 6.42 Å². The lowest BCUT2D eigenvalue weighted by atomic mass is 9.98. The fourth-order valence-electron chi connectivity index (χ4n) is 3.41. The number of hydrogen-bond donors (Lipinski definition) is 2. The lowest BCUT2D eigenvalue weighted by molar-refractivity contribution is 0.102. The van der Waals surface area contributed by atoms with E-state index in [4.69, 9.17) is 10.5 Å².